The summed E-state index contributed by atoms with van der Waals surface area (Å²) in [6, 6.07) is 7.71. The SMILES string of the molecule is CC(C)Oc1ccc(NC(=NCC(=O)NC(C)(C)C)NCC(=O)NC2CC2)cc1. The Morgan fingerprint density at radius 1 is 1.14 bits per heavy atom. The second-order valence-electron chi connectivity index (χ2n) is 8.47. The van der Waals surface area contributed by atoms with Gasteiger partial charge in [0.15, 0.2) is 5.96 Å². The van der Waals surface area contributed by atoms with E-state index in [0.29, 0.717) is 12.0 Å². The quantitative estimate of drug-likeness (QED) is 0.393. The maximum atomic E-state index is 12.1. The molecule has 0 heterocycles. The molecule has 1 fully saturated rings. The highest BCUT2D eigenvalue weighted by Gasteiger charge is 2.23. The van der Waals surface area contributed by atoms with Crippen molar-refractivity contribution in [1.29, 1.82) is 0 Å². The Balaban J connectivity index is 1.98. The zero-order valence-electron chi connectivity index (χ0n) is 18.0. The normalized spacial score (nSPS) is 14.3. The minimum absolute atomic E-state index is 0.0502. The molecule has 8 heteroatoms. The molecular weight excluding hydrogens is 370 g/mol. The third-order valence-electron chi connectivity index (χ3n) is 3.74. The number of benzene rings is 1. The summed E-state index contributed by atoms with van der Waals surface area (Å²) in [4.78, 5) is 28.4. The molecule has 1 aromatic carbocycles. The lowest BCUT2D eigenvalue weighted by Crippen LogP contribution is -2.43. The van der Waals surface area contributed by atoms with E-state index in [1.165, 1.54) is 0 Å². The van der Waals surface area contributed by atoms with Gasteiger partial charge in [0.1, 0.15) is 12.3 Å². The van der Waals surface area contributed by atoms with Gasteiger partial charge < -0.3 is 26.0 Å². The highest BCUT2D eigenvalue weighted by Crippen LogP contribution is 2.18. The van der Waals surface area contributed by atoms with Crippen molar-refractivity contribution in [3.63, 3.8) is 0 Å². The summed E-state index contributed by atoms with van der Waals surface area (Å²) in [6.07, 6.45) is 2.16. The molecule has 0 spiro atoms. The second kappa shape index (κ2) is 10.1. The number of ether oxygens (including phenoxy) is 1. The molecule has 0 bridgehead atoms. The molecule has 4 N–H and O–H groups in total. The lowest BCUT2D eigenvalue weighted by atomic mass is 10.1. The number of rotatable bonds is 8. The van der Waals surface area contributed by atoms with Crippen LogP contribution in [-0.2, 0) is 9.59 Å². The molecule has 0 atom stereocenters. The molecule has 0 radical (unpaired) electrons. The van der Waals surface area contributed by atoms with E-state index in [4.69, 9.17) is 4.74 Å². The van der Waals surface area contributed by atoms with Crippen molar-refractivity contribution >= 4 is 23.5 Å². The van der Waals surface area contributed by atoms with Crippen LogP contribution in [0.2, 0.25) is 0 Å². The Hall–Kier alpha value is -2.77. The van der Waals surface area contributed by atoms with Gasteiger partial charge in [0, 0.05) is 17.3 Å². The molecule has 1 aromatic rings. The first-order valence-electron chi connectivity index (χ1n) is 10.0. The number of amides is 2. The third-order valence-corrected chi connectivity index (χ3v) is 3.74. The van der Waals surface area contributed by atoms with Crippen molar-refractivity contribution in [2.24, 2.45) is 4.99 Å². The average Bonchev–Trinajstić information content (AvgIpc) is 3.41. The molecule has 1 saturated carbocycles. The lowest BCUT2D eigenvalue weighted by Gasteiger charge is -2.20. The average molecular weight is 404 g/mol. The number of hydrogen-bond acceptors (Lipinski definition) is 4. The molecule has 0 aromatic heterocycles. The van der Waals surface area contributed by atoms with Gasteiger partial charge in [-0.25, -0.2) is 4.99 Å². The molecule has 1 aliphatic carbocycles. The molecule has 0 aliphatic heterocycles. The Bertz CT molecular complexity index is 719. The fourth-order valence-electron chi connectivity index (χ4n) is 2.44. The predicted molar refractivity (Wildman–Crippen MR) is 115 cm³/mol. The summed E-state index contributed by atoms with van der Waals surface area (Å²) < 4.78 is 5.64. The van der Waals surface area contributed by atoms with E-state index in [1.54, 1.807) is 0 Å². The predicted octanol–water partition coefficient (Wildman–Crippen LogP) is 2.02. The fourth-order valence-corrected chi connectivity index (χ4v) is 2.44. The zero-order chi connectivity index (χ0) is 21.4. The van der Waals surface area contributed by atoms with Crippen LogP contribution >= 0.6 is 0 Å². The first-order chi connectivity index (χ1) is 13.6. The maximum absolute atomic E-state index is 12.1. The summed E-state index contributed by atoms with van der Waals surface area (Å²) in [6.45, 7) is 9.70. The van der Waals surface area contributed by atoms with Gasteiger partial charge in [0.2, 0.25) is 11.8 Å². The van der Waals surface area contributed by atoms with Crippen molar-refractivity contribution in [3.8, 4) is 5.75 Å². The number of nitrogens with one attached hydrogen (secondary N) is 4. The molecule has 1 aliphatic rings. The van der Waals surface area contributed by atoms with Crippen LogP contribution in [0.5, 0.6) is 5.75 Å². The van der Waals surface area contributed by atoms with Gasteiger partial charge in [-0.05, 0) is 71.7 Å². The van der Waals surface area contributed by atoms with Crippen LogP contribution in [0, 0.1) is 0 Å². The van der Waals surface area contributed by atoms with Crippen molar-refractivity contribution in [3.05, 3.63) is 24.3 Å². The van der Waals surface area contributed by atoms with Crippen LogP contribution in [0.25, 0.3) is 0 Å². The van der Waals surface area contributed by atoms with E-state index < -0.39 is 0 Å². The maximum Gasteiger partial charge on any atom is 0.242 e. The lowest BCUT2D eigenvalue weighted by molar-refractivity contribution is -0.121. The number of anilines is 1. The number of guanidine groups is 1. The van der Waals surface area contributed by atoms with E-state index in [1.807, 2.05) is 58.9 Å². The first kappa shape index (κ1) is 22.5. The molecular formula is C21H33N5O3. The fraction of sp³-hybridized carbons (Fsp3) is 0.571. The molecule has 160 valence electrons. The number of carbonyl (C=O) groups excluding carboxylic acids is 2. The van der Waals surface area contributed by atoms with E-state index in [2.05, 4.69) is 26.3 Å². The minimum Gasteiger partial charge on any atom is -0.491 e. The van der Waals surface area contributed by atoms with Crippen LogP contribution in [0.4, 0.5) is 5.69 Å². The number of hydrogen-bond donors (Lipinski definition) is 4. The molecule has 0 unspecified atom stereocenters. The van der Waals surface area contributed by atoms with Crippen LogP contribution in [0.15, 0.2) is 29.3 Å². The third kappa shape index (κ3) is 9.82. The zero-order valence-corrected chi connectivity index (χ0v) is 18.0. The van der Waals surface area contributed by atoms with Crippen LogP contribution < -0.4 is 26.0 Å². The number of carbonyl (C=O) groups is 2. The smallest absolute Gasteiger partial charge is 0.242 e. The van der Waals surface area contributed by atoms with E-state index >= 15 is 0 Å². The van der Waals surface area contributed by atoms with E-state index in [0.717, 1.165) is 24.3 Å². The number of aliphatic imine (C=N–C) groups is 1. The first-order valence-corrected chi connectivity index (χ1v) is 10.0. The summed E-state index contributed by atoms with van der Waals surface area (Å²) in [5.41, 5.74) is 0.440. The van der Waals surface area contributed by atoms with Gasteiger partial charge in [-0.2, -0.15) is 0 Å². The van der Waals surface area contributed by atoms with Crippen molar-refractivity contribution in [1.82, 2.24) is 16.0 Å². The second-order valence-corrected chi connectivity index (χ2v) is 8.47. The van der Waals surface area contributed by atoms with Crippen LogP contribution in [-0.4, -0.2) is 48.5 Å². The molecule has 2 amide bonds. The largest absolute Gasteiger partial charge is 0.491 e. The Kier molecular flexibility index (Phi) is 7.87. The topological polar surface area (TPSA) is 104 Å². The molecule has 2 rings (SSSR count). The van der Waals surface area contributed by atoms with Crippen LogP contribution in [0.3, 0.4) is 0 Å². The van der Waals surface area contributed by atoms with Gasteiger partial charge in [-0.1, -0.05) is 0 Å². The van der Waals surface area contributed by atoms with E-state index in [9.17, 15) is 9.59 Å². The van der Waals surface area contributed by atoms with Crippen LogP contribution in [0.1, 0.15) is 47.5 Å². The van der Waals surface area contributed by atoms with Crippen molar-refractivity contribution < 1.29 is 14.3 Å². The summed E-state index contributed by atoms with van der Waals surface area (Å²) in [5, 5.41) is 11.9. The van der Waals surface area contributed by atoms with E-state index in [-0.39, 0.29) is 36.5 Å². The highest BCUT2D eigenvalue weighted by molar-refractivity contribution is 5.97. The Labute approximate surface area is 172 Å². The van der Waals surface area contributed by atoms with Crippen molar-refractivity contribution in [2.45, 2.75) is 65.1 Å². The van der Waals surface area contributed by atoms with Gasteiger partial charge in [0.05, 0.1) is 12.6 Å². The standard InChI is InChI=1S/C21H33N5O3/c1-14(2)29-17-10-8-16(9-11-17)25-20(22-12-18(27)24-15-6-7-15)23-13-19(28)26-21(3,4)5/h8-11,14-15H,6-7,12-13H2,1-5H3,(H,24,27)(H,26,28)(H2,22,23,25). The minimum atomic E-state index is -0.329. The Morgan fingerprint density at radius 3 is 2.34 bits per heavy atom. The highest BCUT2D eigenvalue weighted by atomic mass is 16.5. The van der Waals surface area contributed by atoms with Gasteiger partial charge in [-0.15, -0.1) is 0 Å². The monoisotopic (exact) mass is 403 g/mol. The molecule has 8 nitrogen and oxygen atoms in total. The molecule has 29 heavy (non-hydrogen) atoms. The van der Waals surface area contributed by atoms with Gasteiger partial charge in [-0.3, -0.25) is 9.59 Å². The van der Waals surface area contributed by atoms with Gasteiger partial charge in [0.25, 0.3) is 0 Å². The summed E-state index contributed by atoms with van der Waals surface area (Å²) in [5.74, 6) is 0.839. The van der Waals surface area contributed by atoms with Crippen molar-refractivity contribution in [2.75, 3.05) is 18.4 Å². The summed E-state index contributed by atoms with van der Waals surface area (Å²) >= 11 is 0. The summed E-state index contributed by atoms with van der Waals surface area (Å²) in [7, 11) is 0. The van der Waals surface area contributed by atoms with Gasteiger partial charge >= 0.3 is 0 Å². The number of nitrogens with zero attached hydrogens (tertiary/aromatic N) is 1. The molecule has 0 saturated heterocycles. The Morgan fingerprint density at radius 2 is 1.79 bits per heavy atom.